The third-order valence-corrected chi connectivity index (χ3v) is 4.76. The highest BCUT2D eigenvalue weighted by Crippen LogP contribution is 2.33. The summed E-state index contributed by atoms with van der Waals surface area (Å²) < 4.78 is 19.6. The number of nitrogens with zero attached hydrogens (tertiary/aromatic N) is 2. The van der Waals surface area contributed by atoms with E-state index in [4.69, 9.17) is 4.42 Å². The summed E-state index contributed by atoms with van der Waals surface area (Å²) >= 11 is 0. The van der Waals surface area contributed by atoms with E-state index in [1.165, 1.54) is 24.5 Å². The second kappa shape index (κ2) is 8.89. The van der Waals surface area contributed by atoms with Gasteiger partial charge in [0.05, 0.1) is 29.7 Å². The minimum Gasteiger partial charge on any atom is -0.459 e. The maximum absolute atomic E-state index is 13.6. The molecule has 0 saturated carbocycles. The van der Waals surface area contributed by atoms with E-state index in [2.05, 4.69) is 25.9 Å². The van der Waals surface area contributed by atoms with Crippen molar-refractivity contribution in [2.75, 3.05) is 17.2 Å². The van der Waals surface area contributed by atoms with Gasteiger partial charge in [-0.25, -0.2) is 19.2 Å². The molecule has 0 saturated heterocycles. The number of anilines is 2. The molecule has 31 heavy (non-hydrogen) atoms. The van der Waals surface area contributed by atoms with Crippen LogP contribution < -0.4 is 16.0 Å². The van der Waals surface area contributed by atoms with Crippen LogP contribution in [0.5, 0.6) is 0 Å². The van der Waals surface area contributed by atoms with E-state index in [-0.39, 0.29) is 18.3 Å². The maximum Gasteiger partial charge on any atom is 0.319 e. The Morgan fingerprint density at radius 1 is 1.26 bits per heavy atom. The molecule has 4 N–H and O–H groups in total. The lowest BCUT2D eigenvalue weighted by molar-refractivity contribution is 0.0943. The summed E-state index contributed by atoms with van der Waals surface area (Å²) in [6.07, 6.45) is 2.94. The van der Waals surface area contributed by atoms with Gasteiger partial charge < -0.3 is 25.5 Å². The van der Waals surface area contributed by atoms with Crippen molar-refractivity contribution < 1.29 is 18.7 Å². The molecule has 1 atom stereocenters. The molecule has 2 heterocycles. The van der Waals surface area contributed by atoms with Gasteiger partial charge in [0, 0.05) is 17.5 Å². The number of aromatic nitrogens is 2. The molecule has 0 aliphatic rings. The first-order valence-electron chi connectivity index (χ1n) is 10.1. The zero-order valence-electron chi connectivity index (χ0n) is 18.3. The van der Waals surface area contributed by atoms with Gasteiger partial charge in [0.2, 0.25) is 5.95 Å². The standard InChI is InChI=1S/C22H28FN5O3/c1-12(2)18(19-13(3)16-8-14(23)6-7-17(16)31-19)28-21(29)27-15-9-24-20(25-10-15)26-11-22(4,5)30/h6-10,12,18,30H,11H2,1-5H3,(H,24,25,26)(H2,27,28,29)/t18-/m1/s1. The SMILES string of the molecule is Cc1c([C@H](NC(=O)Nc2cnc(NCC(C)(C)O)nc2)C(C)C)oc2ccc(F)cc12. The Morgan fingerprint density at radius 2 is 1.94 bits per heavy atom. The normalized spacial score (nSPS) is 12.8. The first-order chi connectivity index (χ1) is 14.5. The fourth-order valence-corrected chi connectivity index (χ4v) is 3.13. The maximum atomic E-state index is 13.6. The van der Waals surface area contributed by atoms with Crippen LogP contribution in [0.2, 0.25) is 0 Å². The highest BCUT2D eigenvalue weighted by atomic mass is 19.1. The van der Waals surface area contributed by atoms with Crippen LogP contribution in [0.3, 0.4) is 0 Å². The Morgan fingerprint density at radius 3 is 2.55 bits per heavy atom. The van der Waals surface area contributed by atoms with E-state index in [1.807, 2.05) is 20.8 Å². The van der Waals surface area contributed by atoms with E-state index in [0.29, 0.717) is 28.4 Å². The average Bonchev–Trinajstić information content (AvgIpc) is 3.00. The number of furan rings is 1. The summed E-state index contributed by atoms with van der Waals surface area (Å²) in [4.78, 5) is 20.9. The number of benzene rings is 1. The van der Waals surface area contributed by atoms with Crippen molar-refractivity contribution in [2.24, 2.45) is 5.92 Å². The molecule has 0 aliphatic carbocycles. The Hall–Kier alpha value is -3.20. The molecule has 2 amide bonds. The number of rotatable bonds is 7. The van der Waals surface area contributed by atoms with Crippen LogP contribution in [0.25, 0.3) is 11.0 Å². The molecule has 0 spiro atoms. The fourth-order valence-electron chi connectivity index (χ4n) is 3.13. The number of carbonyl (C=O) groups excluding carboxylic acids is 1. The molecule has 0 radical (unpaired) electrons. The first kappa shape index (κ1) is 22.5. The second-order valence-electron chi connectivity index (χ2n) is 8.51. The van der Waals surface area contributed by atoms with Crippen molar-refractivity contribution in [3.05, 3.63) is 47.7 Å². The van der Waals surface area contributed by atoms with E-state index >= 15 is 0 Å². The number of amides is 2. The van der Waals surface area contributed by atoms with Crippen LogP contribution in [0.4, 0.5) is 20.8 Å². The van der Waals surface area contributed by atoms with Gasteiger partial charge in [-0.05, 0) is 44.9 Å². The van der Waals surface area contributed by atoms with Gasteiger partial charge in [-0.1, -0.05) is 13.8 Å². The predicted molar refractivity (Wildman–Crippen MR) is 117 cm³/mol. The summed E-state index contributed by atoms with van der Waals surface area (Å²) in [7, 11) is 0. The summed E-state index contributed by atoms with van der Waals surface area (Å²) in [5.41, 5.74) is 0.882. The molecule has 3 aromatic rings. The zero-order chi connectivity index (χ0) is 22.8. The molecular weight excluding hydrogens is 401 g/mol. The molecule has 9 heteroatoms. The Kier molecular flexibility index (Phi) is 6.45. The Balaban J connectivity index is 1.70. The summed E-state index contributed by atoms with van der Waals surface area (Å²) in [6, 6.07) is 3.51. The van der Waals surface area contributed by atoms with Gasteiger partial charge in [-0.2, -0.15) is 0 Å². The number of aryl methyl sites for hydroxylation is 1. The monoisotopic (exact) mass is 429 g/mol. The van der Waals surface area contributed by atoms with Crippen molar-refractivity contribution in [1.82, 2.24) is 15.3 Å². The Bertz CT molecular complexity index is 1060. The first-order valence-corrected chi connectivity index (χ1v) is 10.1. The van der Waals surface area contributed by atoms with E-state index in [1.54, 1.807) is 19.9 Å². The number of hydrogen-bond donors (Lipinski definition) is 4. The third kappa shape index (κ3) is 5.69. The smallest absolute Gasteiger partial charge is 0.319 e. The predicted octanol–water partition coefficient (Wildman–Crippen LogP) is 4.37. The highest BCUT2D eigenvalue weighted by molar-refractivity contribution is 5.89. The number of fused-ring (bicyclic) bond motifs is 1. The number of halogens is 1. The molecule has 2 aromatic heterocycles. The quantitative estimate of drug-likeness (QED) is 0.444. The van der Waals surface area contributed by atoms with Gasteiger partial charge in [0.25, 0.3) is 0 Å². The van der Waals surface area contributed by atoms with Gasteiger partial charge in [0.15, 0.2) is 0 Å². The van der Waals surface area contributed by atoms with Crippen molar-refractivity contribution in [3.63, 3.8) is 0 Å². The minimum atomic E-state index is -0.896. The molecule has 166 valence electrons. The van der Waals surface area contributed by atoms with Crippen molar-refractivity contribution in [1.29, 1.82) is 0 Å². The number of nitrogens with one attached hydrogen (secondary N) is 3. The average molecular weight is 429 g/mol. The molecule has 0 bridgehead atoms. The van der Waals surface area contributed by atoms with Gasteiger partial charge in [-0.15, -0.1) is 0 Å². The molecule has 0 aliphatic heterocycles. The van der Waals surface area contributed by atoms with Crippen molar-refractivity contribution in [3.8, 4) is 0 Å². The van der Waals surface area contributed by atoms with Gasteiger partial charge >= 0.3 is 6.03 Å². The number of urea groups is 1. The van der Waals surface area contributed by atoms with E-state index < -0.39 is 17.7 Å². The van der Waals surface area contributed by atoms with Crippen LogP contribution in [0.15, 0.2) is 35.0 Å². The van der Waals surface area contributed by atoms with E-state index in [0.717, 1.165) is 5.56 Å². The minimum absolute atomic E-state index is 0.0273. The molecule has 0 fully saturated rings. The van der Waals surface area contributed by atoms with Crippen LogP contribution >= 0.6 is 0 Å². The van der Waals surface area contributed by atoms with Gasteiger partial charge in [-0.3, -0.25) is 0 Å². The molecule has 8 nitrogen and oxygen atoms in total. The second-order valence-corrected chi connectivity index (χ2v) is 8.51. The highest BCUT2D eigenvalue weighted by Gasteiger charge is 2.25. The summed E-state index contributed by atoms with van der Waals surface area (Å²) in [6.45, 7) is 9.41. The topological polar surface area (TPSA) is 112 Å². The summed E-state index contributed by atoms with van der Waals surface area (Å²) in [5, 5.41) is 19.0. The van der Waals surface area contributed by atoms with Crippen molar-refractivity contribution >= 4 is 28.6 Å². The number of hydrogen-bond acceptors (Lipinski definition) is 6. The van der Waals surface area contributed by atoms with Crippen molar-refractivity contribution in [2.45, 2.75) is 46.3 Å². The third-order valence-electron chi connectivity index (χ3n) is 4.76. The molecule has 3 rings (SSSR count). The van der Waals surface area contributed by atoms with Crippen LogP contribution in [-0.2, 0) is 0 Å². The summed E-state index contributed by atoms with van der Waals surface area (Å²) in [5.74, 6) is 0.626. The van der Waals surface area contributed by atoms with Crippen LogP contribution in [-0.4, -0.2) is 33.3 Å². The fraction of sp³-hybridized carbons (Fsp3) is 0.409. The molecule has 1 aromatic carbocycles. The molecular formula is C22H28FN5O3. The zero-order valence-corrected chi connectivity index (χ0v) is 18.3. The largest absolute Gasteiger partial charge is 0.459 e. The number of aliphatic hydroxyl groups is 1. The van der Waals surface area contributed by atoms with Crippen LogP contribution in [0, 0.1) is 18.7 Å². The lowest BCUT2D eigenvalue weighted by Gasteiger charge is -2.21. The lowest BCUT2D eigenvalue weighted by atomic mass is 9.98. The Labute approximate surface area is 180 Å². The van der Waals surface area contributed by atoms with Crippen LogP contribution in [0.1, 0.15) is 45.1 Å². The molecule has 0 unspecified atom stereocenters. The van der Waals surface area contributed by atoms with E-state index in [9.17, 15) is 14.3 Å². The van der Waals surface area contributed by atoms with Gasteiger partial charge in [0.1, 0.15) is 17.2 Å². The lowest BCUT2D eigenvalue weighted by Crippen LogP contribution is -2.35. The number of carbonyl (C=O) groups is 1.